The number of carbonyl (C=O) groups excluding carboxylic acids is 2. The summed E-state index contributed by atoms with van der Waals surface area (Å²) in [5.74, 6) is -0.372. The molecule has 0 amide bonds. The predicted molar refractivity (Wildman–Crippen MR) is 96.3 cm³/mol. The van der Waals surface area contributed by atoms with E-state index in [0.29, 0.717) is 52.5 Å². The van der Waals surface area contributed by atoms with Gasteiger partial charge in [0.05, 0.1) is 24.0 Å². The molecule has 0 aliphatic carbocycles. The highest BCUT2D eigenvalue weighted by Gasteiger charge is 2.23. The maximum atomic E-state index is 11.5. The zero-order valence-electron chi connectivity index (χ0n) is 16.8. The highest BCUT2D eigenvalue weighted by atomic mass is 16.5. The number of rotatable bonds is 12. The lowest BCUT2D eigenvalue weighted by atomic mass is 9.97. The molecule has 148 valence electrons. The van der Waals surface area contributed by atoms with E-state index in [0.717, 1.165) is 6.42 Å². The fourth-order valence-electron chi connectivity index (χ4n) is 1.55. The molecule has 0 aromatic heterocycles. The van der Waals surface area contributed by atoms with Gasteiger partial charge in [-0.2, -0.15) is 0 Å². The Morgan fingerprint density at radius 1 is 0.560 bits per heavy atom. The van der Waals surface area contributed by atoms with E-state index in [1.165, 1.54) is 0 Å². The lowest BCUT2D eigenvalue weighted by molar-refractivity contribution is -0.154. The minimum atomic E-state index is -0.455. The molecule has 6 nitrogen and oxygen atoms in total. The van der Waals surface area contributed by atoms with Crippen molar-refractivity contribution in [1.29, 1.82) is 0 Å². The third-order valence-corrected chi connectivity index (χ3v) is 3.13. The van der Waals surface area contributed by atoms with Gasteiger partial charge in [-0.1, -0.05) is 0 Å². The molecule has 0 fully saturated rings. The minimum absolute atomic E-state index is 0.186. The van der Waals surface area contributed by atoms with Gasteiger partial charge < -0.3 is 18.9 Å². The Kier molecular flexibility index (Phi) is 11.7. The summed E-state index contributed by atoms with van der Waals surface area (Å²) in [7, 11) is 0. The number of esters is 2. The molecule has 6 heteroatoms. The van der Waals surface area contributed by atoms with Crippen molar-refractivity contribution in [2.24, 2.45) is 10.8 Å². The molecule has 0 heterocycles. The molecule has 0 unspecified atom stereocenters. The van der Waals surface area contributed by atoms with E-state index in [2.05, 4.69) is 0 Å². The maximum Gasteiger partial charge on any atom is 0.311 e. The number of hydrogen-bond donors (Lipinski definition) is 0. The lowest BCUT2D eigenvalue weighted by Crippen LogP contribution is -2.23. The summed E-state index contributed by atoms with van der Waals surface area (Å²) in [4.78, 5) is 23.1. The second-order valence-corrected chi connectivity index (χ2v) is 8.06. The van der Waals surface area contributed by atoms with Crippen molar-refractivity contribution < 1.29 is 28.5 Å². The molecular formula is C19H36O6. The lowest BCUT2D eigenvalue weighted by Gasteiger charge is -2.16. The molecule has 0 spiro atoms. The molecule has 0 aliphatic rings. The quantitative estimate of drug-likeness (QED) is 0.392. The van der Waals surface area contributed by atoms with E-state index in [9.17, 15) is 9.59 Å². The molecule has 0 rings (SSSR count). The molecule has 0 aromatic carbocycles. The van der Waals surface area contributed by atoms with Gasteiger partial charge in [-0.15, -0.1) is 0 Å². The van der Waals surface area contributed by atoms with Crippen molar-refractivity contribution in [2.75, 3.05) is 39.6 Å². The third kappa shape index (κ3) is 13.8. The van der Waals surface area contributed by atoms with Crippen LogP contribution in [0.3, 0.4) is 0 Å². The Labute approximate surface area is 152 Å². The van der Waals surface area contributed by atoms with E-state index in [-0.39, 0.29) is 11.9 Å². The highest BCUT2D eigenvalue weighted by Crippen LogP contribution is 2.15. The second-order valence-electron chi connectivity index (χ2n) is 8.06. The molecule has 25 heavy (non-hydrogen) atoms. The van der Waals surface area contributed by atoms with Gasteiger partial charge in [-0.25, -0.2) is 0 Å². The first-order chi connectivity index (χ1) is 11.5. The van der Waals surface area contributed by atoms with Gasteiger partial charge in [0.15, 0.2) is 0 Å². The first-order valence-corrected chi connectivity index (χ1v) is 9.05. The molecule has 0 N–H and O–H groups in total. The average Bonchev–Trinajstić information content (AvgIpc) is 2.49. The van der Waals surface area contributed by atoms with Gasteiger partial charge in [0.25, 0.3) is 0 Å². The zero-order valence-corrected chi connectivity index (χ0v) is 16.8. The SMILES string of the molecule is CC(C)(C)C(=O)OCCCOCCCOCCCOC(=O)C(C)(C)C. The van der Waals surface area contributed by atoms with Crippen LogP contribution in [0.4, 0.5) is 0 Å². The summed E-state index contributed by atoms with van der Waals surface area (Å²) in [5, 5.41) is 0. The number of ether oxygens (including phenoxy) is 4. The summed E-state index contributed by atoms with van der Waals surface area (Å²) < 4.78 is 21.2. The van der Waals surface area contributed by atoms with Crippen LogP contribution in [0, 0.1) is 10.8 Å². The van der Waals surface area contributed by atoms with E-state index < -0.39 is 10.8 Å². The predicted octanol–water partition coefficient (Wildman–Crippen LogP) is 3.37. The Morgan fingerprint density at radius 3 is 1.12 bits per heavy atom. The van der Waals surface area contributed by atoms with Crippen LogP contribution in [0.2, 0.25) is 0 Å². The van der Waals surface area contributed by atoms with Gasteiger partial charge in [0.1, 0.15) is 0 Å². The van der Waals surface area contributed by atoms with E-state index in [4.69, 9.17) is 18.9 Å². The van der Waals surface area contributed by atoms with E-state index in [1.807, 2.05) is 41.5 Å². The van der Waals surface area contributed by atoms with Crippen molar-refractivity contribution in [1.82, 2.24) is 0 Å². The number of carbonyl (C=O) groups is 2. The van der Waals surface area contributed by atoms with E-state index >= 15 is 0 Å². The van der Waals surface area contributed by atoms with Crippen molar-refractivity contribution >= 4 is 11.9 Å². The summed E-state index contributed by atoms with van der Waals surface area (Å²) in [6.07, 6.45) is 2.20. The van der Waals surface area contributed by atoms with Gasteiger partial charge in [-0.3, -0.25) is 9.59 Å². The van der Waals surface area contributed by atoms with Crippen molar-refractivity contribution in [3.8, 4) is 0 Å². The average molecular weight is 360 g/mol. The molecule has 0 aliphatic heterocycles. The molecule has 0 bridgehead atoms. The molecular weight excluding hydrogens is 324 g/mol. The van der Waals surface area contributed by atoms with Crippen LogP contribution < -0.4 is 0 Å². The van der Waals surface area contributed by atoms with Crippen LogP contribution in [0.25, 0.3) is 0 Å². The molecule has 0 radical (unpaired) electrons. The standard InChI is InChI=1S/C19H36O6/c1-18(2,3)16(20)24-14-8-12-22-10-7-11-23-13-9-15-25-17(21)19(4,5)6/h7-15H2,1-6H3. The van der Waals surface area contributed by atoms with Crippen LogP contribution >= 0.6 is 0 Å². The van der Waals surface area contributed by atoms with Gasteiger partial charge in [0.2, 0.25) is 0 Å². The van der Waals surface area contributed by atoms with Crippen LogP contribution in [0.15, 0.2) is 0 Å². The van der Waals surface area contributed by atoms with E-state index in [1.54, 1.807) is 0 Å². The highest BCUT2D eigenvalue weighted by molar-refractivity contribution is 5.75. The smallest absolute Gasteiger partial charge is 0.311 e. The fourth-order valence-corrected chi connectivity index (χ4v) is 1.55. The fraction of sp³-hybridized carbons (Fsp3) is 0.895. The Hall–Kier alpha value is -1.14. The monoisotopic (exact) mass is 360 g/mol. The molecule has 0 saturated carbocycles. The Balaban J connectivity index is 3.30. The third-order valence-electron chi connectivity index (χ3n) is 3.13. The molecule has 0 aromatic rings. The van der Waals surface area contributed by atoms with Gasteiger partial charge >= 0.3 is 11.9 Å². The normalized spacial score (nSPS) is 12.1. The Bertz CT molecular complexity index is 342. The topological polar surface area (TPSA) is 71.1 Å². The van der Waals surface area contributed by atoms with Crippen molar-refractivity contribution in [3.63, 3.8) is 0 Å². The van der Waals surface area contributed by atoms with Crippen molar-refractivity contribution in [3.05, 3.63) is 0 Å². The van der Waals surface area contributed by atoms with Crippen LogP contribution in [-0.2, 0) is 28.5 Å². The summed E-state index contributed by atoms with van der Waals surface area (Å²) >= 11 is 0. The van der Waals surface area contributed by atoms with Gasteiger partial charge in [-0.05, 0) is 48.0 Å². The number of hydrogen-bond acceptors (Lipinski definition) is 6. The first-order valence-electron chi connectivity index (χ1n) is 9.05. The largest absolute Gasteiger partial charge is 0.465 e. The summed E-state index contributed by atoms with van der Waals surface area (Å²) in [6, 6.07) is 0. The summed E-state index contributed by atoms with van der Waals surface area (Å²) in [6.45, 7) is 14.2. The maximum absolute atomic E-state index is 11.5. The zero-order chi connectivity index (χ0) is 19.3. The second kappa shape index (κ2) is 12.3. The van der Waals surface area contributed by atoms with Gasteiger partial charge in [0, 0.05) is 39.3 Å². The first kappa shape index (κ1) is 23.9. The van der Waals surface area contributed by atoms with Crippen LogP contribution in [-0.4, -0.2) is 51.6 Å². The Morgan fingerprint density at radius 2 is 0.840 bits per heavy atom. The van der Waals surface area contributed by atoms with Crippen LogP contribution in [0.5, 0.6) is 0 Å². The summed E-state index contributed by atoms with van der Waals surface area (Å²) in [5.41, 5.74) is -0.910. The molecule has 0 saturated heterocycles. The van der Waals surface area contributed by atoms with Crippen LogP contribution in [0.1, 0.15) is 60.8 Å². The van der Waals surface area contributed by atoms with Crippen molar-refractivity contribution in [2.45, 2.75) is 60.8 Å². The molecule has 0 atom stereocenters. The minimum Gasteiger partial charge on any atom is -0.465 e.